The van der Waals surface area contributed by atoms with Crippen molar-refractivity contribution < 1.29 is 9.53 Å². The molecule has 2 heterocycles. The smallest absolute Gasteiger partial charge is 0.222 e. The molecule has 0 radical (unpaired) electrons. The van der Waals surface area contributed by atoms with Gasteiger partial charge in [-0.2, -0.15) is 0 Å². The number of carbonyl (C=O) groups is 1. The van der Waals surface area contributed by atoms with E-state index in [0.29, 0.717) is 24.3 Å². The van der Waals surface area contributed by atoms with Gasteiger partial charge in [0.2, 0.25) is 5.91 Å². The first-order chi connectivity index (χ1) is 8.66. The number of piperidine rings is 1. The van der Waals surface area contributed by atoms with Crippen LogP contribution in [0.5, 0.6) is 0 Å². The number of likely N-dealkylation sites (tertiary alicyclic amines) is 1. The van der Waals surface area contributed by atoms with E-state index in [1.165, 1.54) is 0 Å². The van der Waals surface area contributed by atoms with Crippen LogP contribution in [-0.4, -0.2) is 61.1 Å². The first-order valence-electron chi connectivity index (χ1n) is 7.26. The van der Waals surface area contributed by atoms with E-state index in [9.17, 15) is 4.79 Å². The Morgan fingerprint density at radius 2 is 1.78 bits per heavy atom. The number of nitrogens with zero attached hydrogens (tertiary/aromatic N) is 2. The lowest BCUT2D eigenvalue weighted by Gasteiger charge is -2.40. The minimum atomic E-state index is 0.338. The summed E-state index contributed by atoms with van der Waals surface area (Å²) < 4.78 is 5.39. The average Bonchev–Trinajstić information content (AvgIpc) is 2.39. The highest BCUT2D eigenvalue weighted by molar-refractivity contribution is 5.76. The second-order valence-corrected chi connectivity index (χ2v) is 5.86. The van der Waals surface area contributed by atoms with Gasteiger partial charge in [-0.25, -0.2) is 0 Å². The molecule has 0 saturated carbocycles. The van der Waals surface area contributed by atoms with Crippen LogP contribution in [0.3, 0.4) is 0 Å². The first-order valence-corrected chi connectivity index (χ1v) is 7.26. The van der Waals surface area contributed by atoms with Gasteiger partial charge in [-0.05, 0) is 18.8 Å². The minimum Gasteiger partial charge on any atom is -0.379 e. The molecule has 4 nitrogen and oxygen atoms in total. The Hall–Kier alpha value is -0.610. The quantitative estimate of drug-likeness (QED) is 0.762. The van der Waals surface area contributed by atoms with Crippen LogP contribution in [0.2, 0.25) is 0 Å². The zero-order chi connectivity index (χ0) is 13.0. The van der Waals surface area contributed by atoms with E-state index in [-0.39, 0.29) is 0 Å². The minimum absolute atomic E-state index is 0.338. The molecule has 0 aliphatic carbocycles. The summed E-state index contributed by atoms with van der Waals surface area (Å²) in [6.45, 7) is 9.95. The van der Waals surface area contributed by atoms with Crippen LogP contribution in [0, 0.1) is 5.92 Å². The van der Waals surface area contributed by atoms with Gasteiger partial charge in [-0.1, -0.05) is 13.8 Å². The monoisotopic (exact) mass is 254 g/mol. The first kappa shape index (κ1) is 13.8. The van der Waals surface area contributed by atoms with Crippen molar-refractivity contribution in [2.24, 2.45) is 5.92 Å². The molecule has 0 aromatic carbocycles. The summed E-state index contributed by atoms with van der Waals surface area (Å²) in [5.41, 5.74) is 0. The van der Waals surface area contributed by atoms with Crippen molar-refractivity contribution in [3.63, 3.8) is 0 Å². The van der Waals surface area contributed by atoms with Crippen LogP contribution in [0.25, 0.3) is 0 Å². The summed E-state index contributed by atoms with van der Waals surface area (Å²) in [5.74, 6) is 0.805. The van der Waals surface area contributed by atoms with E-state index in [1.54, 1.807) is 0 Å². The molecule has 18 heavy (non-hydrogen) atoms. The Morgan fingerprint density at radius 1 is 1.17 bits per heavy atom. The highest BCUT2D eigenvalue weighted by atomic mass is 16.5. The molecule has 0 N–H and O–H groups in total. The molecule has 0 spiro atoms. The second-order valence-electron chi connectivity index (χ2n) is 5.86. The third kappa shape index (κ3) is 3.69. The van der Waals surface area contributed by atoms with Gasteiger partial charge in [0.1, 0.15) is 0 Å². The van der Waals surface area contributed by atoms with Crippen molar-refractivity contribution in [2.75, 3.05) is 39.4 Å². The van der Waals surface area contributed by atoms with E-state index < -0.39 is 0 Å². The predicted molar refractivity (Wildman–Crippen MR) is 71.4 cm³/mol. The Labute approximate surface area is 110 Å². The molecule has 0 aromatic rings. The molecule has 0 bridgehead atoms. The van der Waals surface area contributed by atoms with Gasteiger partial charge >= 0.3 is 0 Å². The molecule has 2 aliphatic rings. The highest BCUT2D eigenvalue weighted by Gasteiger charge is 2.27. The summed E-state index contributed by atoms with van der Waals surface area (Å²) in [7, 11) is 0. The highest BCUT2D eigenvalue weighted by Crippen LogP contribution is 2.19. The van der Waals surface area contributed by atoms with Crippen molar-refractivity contribution in [3.8, 4) is 0 Å². The molecule has 4 heteroatoms. The fraction of sp³-hybridized carbons (Fsp3) is 0.929. The van der Waals surface area contributed by atoms with Gasteiger partial charge in [0, 0.05) is 38.6 Å². The third-order valence-corrected chi connectivity index (χ3v) is 3.96. The normalized spacial score (nSPS) is 23.6. The van der Waals surface area contributed by atoms with Crippen LogP contribution < -0.4 is 0 Å². The lowest BCUT2D eigenvalue weighted by Crippen LogP contribution is -2.50. The predicted octanol–water partition coefficient (Wildman–Crippen LogP) is 1.36. The molecule has 2 aliphatic heterocycles. The summed E-state index contributed by atoms with van der Waals surface area (Å²) >= 11 is 0. The number of carbonyl (C=O) groups excluding carboxylic acids is 1. The van der Waals surface area contributed by atoms with E-state index in [2.05, 4.69) is 23.6 Å². The summed E-state index contributed by atoms with van der Waals surface area (Å²) in [6, 6.07) is 0.664. The molecule has 0 unspecified atom stereocenters. The second kappa shape index (κ2) is 6.53. The van der Waals surface area contributed by atoms with Crippen LogP contribution in [0.4, 0.5) is 0 Å². The van der Waals surface area contributed by atoms with Gasteiger partial charge in [-0.3, -0.25) is 9.69 Å². The Bertz CT molecular complexity index is 267. The molecule has 2 rings (SSSR count). The molecule has 0 atom stereocenters. The molecule has 104 valence electrons. The van der Waals surface area contributed by atoms with Crippen molar-refractivity contribution in [2.45, 2.75) is 39.2 Å². The lowest BCUT2D eigenvalue weighted by atomic mass is 10.0. The topological polar surface area (TPSA) is 32.8 Å². The summed E-state index contributed by atoms with van der Waals surface area (Å²) in [4.78, 5) is 16.6. The van der Waals surface area contributed by atoms with E-state index in [4.69, 9.17) is 4.74 Å². The molecular weight excluding hydrogens is 228 g/mol. The average molecular weight is 254 g/mol. The van der Waals surface area contributed by atoms with Crippen LogP contribution in [0.1, 0.15) is 33.1 Å². The number of morpholine rings is 1. The maximum Gasteiger partial charge on any atom is 0.222 e. The molecule has 2 saturated heterocycles. The maximum absolute atomic E-state index is 12.0. The molecular formula is C14H26N2O2. The number of ether oxygens (including phenoxy) is 1. The van der Waals surface area contributed by atoms with Crippen LogP contribution >= 0.6 is 0 Å². The van der Waals surface area contributed by atoms with E-state index in [0.717, 1.165) is 52.2 Å². The Balaban J connectivity index is 1.75. The van der Waals surface area contributed by atoms with E-state index >= 15 is 0 Å². The fourth-order valence-corrected chi connectivity index (χ4v) is 2.90. The lowest BCUT2D eigenvalue weighted by molar-refractivity contribution is -0.133. The zero-order valence-electron chi connectivity index (χ0n) is 11.7. The van der Waals surface area contributed by atoms with Crippen molar-refractivity contribution >= 4 is 5.91 Å². The molecule has 1 amide bonds. The number of hydrogen-bond donors (Lipinski definition) is 0. The summed E-state index contributed by atoms with van der Waals surface area (Å²) in [5, 5.41) is 0. The van der Waals surface area contributed by atoms with Crippen LogP contribution in [-0.2, 0) is 9.53 Å². The number of amides is 1. The standard InChI is InChI=1S/C14H26N2O2/c1-12(2)11-14(17)16-5-3-13(4-6-16)15-7-9-18-10-8-15/h12-13H,3-11H2,1-2H3. The van der Waals surface area contributed by atoms with E-state index in [1.807, 2.05) is 0 Å². The van der Waals surface area contributed by atoms with Gasteiger partial charge in [0.15, 0.2) is 0 Å². The summed E-state index contributed by atoms with van der Waals surface area (Å²) in [6.07, 6.45) is 2.95. The van der Waals surface area contributed by atoms with Crippen LogP contribution in [0.15, 0.2) is 0 Å². The van der Waals surface area contributed by atoms with Crippen molar-refractivity contribution in [1.82, 2.24) is 9.80 Å². The molecule has 0 aromatic heterocycles. The van der Waals surface area contributed by atoms with Gasteiger partial charge in [-0.15, -0.1) is 0 Å². The van der Waals surface area contributed by atoms with Crippen molar-refractivity contribution in [3.05, 3.63) is 0 Å². The van der Waals surface area contributed by atoms with Crippen molar-refractivity contribution in [1.29, 1.82) is 0 Å². The molecule has 2 fully saturated rings. The van der Waals surface area contributed by atoms with Gasteiger partial charge < -0.3 is 9.64 Å². The maximum atomic E-state index is 12.0. The largest absolute Gasteiger partial charge is 0.379 e. The SMILES string of the molecule is CC(C)CC(=O)N1CCC(N2CCOCC2)CC1. The third-order valence-electron chi connectivity index (χ3n) is 3.96. The zero-order valence-corrected chi connectivity index (χ0v) is 11.7. The fourth-order valence-electron chi connectivity index (χ4n) is 2.90. The number of hydrogen-bond acceptors (Lipinski definition) is 3. The Kier molecular flexibility index (Phi) is 5.01. The Morgan fingerprint density at radius 3 is 2.33 bits per heavy atom. The van der Waals surface area contributed by atoms with Gasteiger partial charge in [0.05, 0.1) is 13.2 Å². The van der Waals surface area contributed by atoms with Gasteiger partial charge in [0.25, 0.3) is 0 Å². The number of rotatable bonds is 3.